The highest BCUT2D eigenvalue weighted by Crippen LogP contribution is 2.22. The zero-order chi connectivity index (χ0) is 13.9. The summed E-state index contributed by atoms with van der Waals surface area (Å²) in [6, 6.07) is 8.52. The molecule has 1 saturated heterocycles. The second kappa shape index (κ2) is 5.73. The zero-order valence-electron chi connectivity index (χ0n) is 11.7. The number of nitrogens with zero attached hydrogens (tertiary/aromatic N) is 3. The summed E-state index contributed by atoms with van der Waals surface area (Å²) in [6.07, 6.45) is 2.36. The van der Waals surface area contributed by atoms with E-state index in [1.165, 1.54) is 6.42 Å². The predicted octanol–water partition coefficient (Wildman–Crippen LogP) is 1.97. The molecule has 106 valence electrons. The molecule has 1 fully saturated rings. The van der Waals surface area contributed by atoms with Gasteiger partial charge in [-0.2, -0.15) is 4.98 Å². The van der Waals surface area contributed by atoms with Crippen LogP contribution in [-0.2, 0) is 6.54 Å². The van der Waals surface area contributed by atoms with Crippen molar-refractivity contribution in [2.45, 2.75) is 32.4 Å². The number of hydrogen-bond acceptors (Lipinski definition) is 5. The van der Waals surface area contributed by atoms with E-state index >= 15 is 0 Å². The smallest absolute Gasteiger partial charge is 0.241 e. The first-order valence-corrected chi connectivity index (χ1v) is 7.10. The largest absolute Gasteiger partial charge is 0.338 e. The van der Waals surface area contributed by atoms with E-state index in [4.69, 9.17) is 10.3 Å². The molecule has 5 nitrogen and oxygen atoms in total. The fourth-order valence-corrected chi connectivity index (χ4v) is 2.80. The van der Waals surface area contributed by atoms with Gasteiger partial charge in [-0.15, -0.1) is 0 Å². The first-order chi connectivity index (χ1) is 9.78. The van der Waals surface area contributed by atoms with Gasteiger partial charge < -0.3 is 10.3 Å². The van der Waals surface area contributed by atoms with Crippen LogP contribution < -0.4 is 5.73 Å². The monoisotopic (exact) mass is 272 g/mol. The molecule has 1 aliphatic heterocycles. The Morgan fingerprint density at radius 1 is 1.40 bits per heavy atom. The Morgan fingerprint density at radius 2 is 2.25 bits per heavy atom. The van der Waals surface area contributed by atoms with E-state index in [1.807, 2.05) is 18.2 Å². The van der Waals surface area contributed by atoms with Crippen LogP contribution in [0.25, 0.3) is 11.4 Å². The van der Waals surface area contributed by atoms with Crippen molar-refractivity contribution in [2.75, 3.05) is 13.1 Å². The Bertz CT molecular complexity index is 581. The Balaban J connectivity index is 1.76. The third kappa shape index (κ3) is 2.59. The molecule has 5 heteroatoms. The molecule has 1 aliphatic rings. The molecule has 1 aromatic carbocycles. The summed E-state index contributed by atoms with van der Waals surface area (Å²) in [4.78, 5) is 6.84. The summed E-state index contributed by atoms with van der Waals surface area (Å²) in [5.41, 5.74) is 7.97. The Morgan fingerprint density at radius 3 is 3.05 bits per heavy atom. The standard InChI is InChI=1S/C15H20N4O/c1-11-5-2-3-7-13(11)15-17-14(20-18-15)10-19-8-4-6-12(19)9-16/h2-3,5,7,12H,4,6,8-10,16H2,1H3. The van der Waals surface area contributed by atoms with Gasteiger partial charge in [0, 0.05) is 18.2 Å². The van der Waals surface area contributed by atoms with Gasteiger partial charge in [-0.25, -0.2) is 0 Å². The van der Waals surface area contributed by atoms with Crippen LogP contribution in [0.2, 0.25) is 0 Å². The van der Waals surface area contributed by atoms with Crippen LogP contribution in [0.3, 0.4) is 0 Å². The Labute approximate surface area is 118 Å². The van der Waals surface area contributed by atoms with Crippen molar-refractivity contribution in [3.8, 4) is 11.4 Å². The minimum atomic E-state index is 0.448. The topological polar surface area (TPSA) is 68.2 Å². The number of aryl methyl sites for hydroxylation is 1. The quantitative estimate of drug-likeness (QED) is 0.921. The molecule has 0 spiro atoms. The number of likely N-dealkylation sites (tertiary alicyclic amines) is 1. The van der Waals surface area contributed by atoms with E-state index in [0.717, 1.165) is 24.1 Å². The van der Waals surface area contributed by atoms with E-state index in [0.29, 0.717) is 30.8 Å². The van der Waals surface area contributed by atoms with E-state index in [1.54, 1.807) is 0 Å². The van der Waals surface area contributed by atoms with Crippen LogP contribution in [0.5, 0.6) is 0 Å². The molecule has 0 bridgehead atoms. The van der Waals surface area contributed by atoms with Crippen molar-refractivity contribution in [3.05, 3.63) is 35.7 Å². The molecule has 0 radical (unpaired) electrons. The summed E-state index contributed by atoms with van der Waals surface area (Å²) in [5, 5.41) is 4.10. The highest BCUT2D eigenvalue weighted by Gasteiger charge is 2.25. The number of benzene rings is 1. The van der Waals surface area contributed by atoms with Gasteiger partial charge >= 0.3 is 0 Å². The first kappa shape index (κ1) is 13.3. The molecular formula is C15H20N4O. The van der Waals surface area contributed by atoms with Gasteiger partial charge in [0.1, 0.15) is 0 Å². The van der Waals surface area contributed by atoms with E-state index in [2.05, 4.69) is 28.0 Å². The minimum absolute atomic E-state index is 0.448. The van der Waals surface area contributed by atoms with Crippen molar-refractivity contribution in [3.63, 3.8) is 0 Å². The van der Waals surface area contributed by atoms with E-state index in [9.17, 15) is 0 Å². The van der Waals surface area contributed by atoms with Crippen LogP contribution in [0.1, 0.15) is 24.3 Å². The highest BCUT2D eigenvalue weighted by atomic mass is 16.5. The number of rotatable bonds is 4. The second-order valence-electron chi connectivity index (χ2n) is 5.33. The molecule has 2 N–H and O–H groups in total. The summed E-state index contributed by atoms with van der Waals surface area (Å²) in [6.45, 7) is 4.50. The van der Waals surface area contributed by atoms with Gasteiger partial charge in [-0.3, -0.25) is 4.90 Å². The third-order valence-electron chi connectivity index (χ3n) is 3.96. The van der Waals surface area contributed by atoms with Gasteiger partial charge in [-0.05, 0) is 31.9 Å². The highest BCUT2D eigenvalue weighted by molar-refractivity contribution is 5.58. The number of hydrogen-bond donors (Lipinski definition) is 1. The molecule has 1 atom stereocenters. The zero-order valence-corrected chi connectivity index (χ0v) is 11.7. The number of aromatic nitrogens is 2. The van der Waals surface area contributed by atoms with Crippen molar-refractivity contribution < 1.29 is 4.52 Å². The lowest BCUT2D eigenvalue weighted by Gasteiger charge is -2.20. The molecule has 0 aliphatic carbocycles. The van der Waals surface area contributed by atoms with Gasteiger partial charge in [0.2, 0.25) is 11.7 Å². The van der Waals surface area contributed by atoms with Crippen LogP contribution in [0.15, 0.2) is 28.8 Å². The lowest BCUT2D eigenvalue weighted by molar-refractivity contribution is 0.214. The molecule has 2 heterocycles. The molecular weight excluding hydrogens is 252 g/mol. The van der Waals surface area contributed by atoms with Gasteiger partial charge in [0.15, 0.2) is 0 Å². The van der Waals surface area contributed by atoms with E-state index < -0.39 is 0 Å². The third-order valence-corrected chi connectivity index (χ3v) is 3.96. The summed E-state index contributed by atoms with van der Waals surface area (Å²) in [7, 11) is 0. The molecule has 0 amide bonds. The lowest BCUT2D eigenvalue weighted by Crippen LogP contribution is -2.34. The SMILES string of the molecule is Cc1ccccc1-c1noc(CN2CCCC2CN)n1. The Hall–Kier alpha value is -1.72. The second-order valence-corrected chi connectivity index (χ2v) is 5.33. The molecule has 1 aromatic heterocycles. The average Bonchev–Trinajstić information content (AvgIpc) is 3.09. The van der Waals surface area contributed by atoms with Crippen molar-refractivity contribution in [2.24, 2.45) is 5.73 Å². The fraction of sp³-hybridized carbons (Fsp3) is 0.467. The van der Waals surface area contributed by atoms with Crippen LogP contribution in [-0.4, -0.2) is 34.2 Å². The van der Waals surface area contributed by atoms with Gasteiger partial charge in [0.05, 0.1) is 6.54 Å². The van der Waals surface area contributed by atoms with Gasteiger partial charge in [-0.1, -0.05) is 29.4 Å². The van der Waals surface area contributed by atoms with Crippen LogP contribution in [0.4, 0.5) is 0 Å². The van der Waals surface area contributed by atoms with Crippen molar-refractivity contribution in [1.29, 1.82) is 0 Å². The summed E-state index contributed by atoms with van der Waals surface area (Å²) in [5.74, 6) is 1.34. The molecule has 2 aromatic rings. The van der Waals surface area contributed by atoms with Crippen molar-refractivity contribution in [1.82, 2.24) is 15.0 Å². The number of nitrogens with two attached hydrogens (primary N) is 1. The summed E-state index contributed by atoms with van der Waals surface area (Å²) >= 11 is 0. The first-order valence-electron chi connectivity index (χ1n) is 7.10. The molecule has 3 rings (SSSR count). The van der Waals surface area contributed by atoms with Crippen LogP contribution in [0, 0.1) is 6.92 Å². The molecule has 1 unspecified atom stereocenters. The maximum atomic E-state index is 5.79. The predicted molar refractivity (Wildman–Crippen MR) is 77.0 cm³/mol. The van der Waals surface area contributed by atoms with Gasteiger partial charge in [0.25, 0.3) is 0 Å². The Kier molecular flexibility index (Phi) is 3.80. The normalized spacial score (nSPS) is 19.6. The maximum Gasteiger partial charge on any atom is 0.241 e. The minimum Gasteiger partial charge on any atom is -0.338 e. The molecule has 0 saturated carbocycles. The molecule has 20 heavy (non-hydrogen) atoms. The lowest BCUT2D eigenvalue weighted by atomic mass is 10.1. The maximum absolute atomic E-state index is 5.79. The fourth-order valence-electron chi connectivity index (χ4n) is 2.80. The summed E-state index contributed by atoms with van der Waals surface area (Å²) < 4.78 is 5.39. The average molecular weight is 272 g/mol. The van der Waals surface area contributed by atoms with E-state index in [-0.39, 0.29) is 0 Å². The van der Waals surface area contributed by atoms with Crippen LogP contribution >= 0.6 is 0 Å². The van der Waals surface area contributed by atoms with Crippen molar-refractivity contribution >= 4 is 0 Å².